The van der Waals surface area contributed by atoms with E-state index in [0.717, 1.165) is 23.9 Å². The maximum absolute atomic E-state index is 13.2. The number of amides is 1. The summed E-state index contributed by atoms with van der Waals surface area (Å²) in [5, 5.41) is 12.3. The standard InChI is InChI=1S/C27H36N4O6S/c28-21-18-25(31(19-21)38(35,36)23-7-3-1-4-8-23)26(32)29-24(27(33)34)17-20-9-11-22(12-10-20)37-16-15-30-13-5-2-6-14-30/h1,3-4,7-12,21,24-25H,2,5-6,13-19,28H2,(H,29,32)(H,33,34)/t21?,24-,25-/m0/s1. The number of carbonyl (C=O) groups is 2. The van der Waals surface area contributed by atoms with Gasteiger partial charge in [-0.2, -0.15) is 4.31 Å². The first kappa shape index (κ1) is 28.0. The van der Waals surface area contributed by atoms with Crippen molar-refractivity contribution in [2.75, 3.05) is 32.8 Å². The van der Waals surface area contributed by atoms with E-state index >= 15 is 0 Å². The molecule has 4 N–H and O–H groups in total. The SMILES string of the molecule is NC1C[C@@H](C(=O)N[C@@H](Cc2ccc(OCCN3CCCCC3)cc2)C(=O)O)N(S(=O)(=O)c2ccccc2)C1. The van der Waals surface area contributed by atoms with Crippen LogP contribution in [0.1, 0.15) is 31.2 Å². The number of ether oxygens (including phenoxy) is 1. The lowest BCUT2D eigenvalue weighted by Crippen LogP contribution is -2.51. The minimum Gasteiger partial charge on any atom is -0.492 e. The maximum atomic E-state index is 13.2. The summed E-state index contributed by atoms with van der Waals surface area (Å²) in [5.41, 5.74) is 6.72. The number of nitrogens with zero attached hydrogens (tertiary/aromatic N) is 2. The summed E-state index contributed by atoms with van der Waals surface area (Å²) >= 11 is 0. The van der Waals surface area contributed by atoms with Crippen LogP contribution in [0, 0.1) is 0 Å². The molecule has 1 amide bonds. The molecule has 10 nitrogen and oxygen atoms in total. The smallest absolute Gasteiger partial charge is 0.326 e. The van der Waals surface area contributed by atoms with Gasteiger partial charge in [-0.15, -0.1) is 0 Å². The maximum Gasteiger partial charge on any atom is 0.326 e. The molecule has 2 aromatic carbocycles. The van der Waals surface area contributed by atoms with Crippen molar-refractivity contribution in [1.82, 2.24) is 14.5 Å². The number of carboxylic acids is 1. The second-order valence-electron chi connectivity index (χ2n) is 9.90. The van der Waals surface area contributed by atoms with Gasteiger partial charge in [0, 0.05) is 25.6 Å². The monoisotopic (exact) mass is 544 g/mol. The van der Waals surface area contributed by atoms with Gasteiger partial charge in [-0.25, -0.2) is 13.2 Å². The van der Waals surface area contributed by atoms with Gasteiger partial charge in [0.2, 0.25) is 15.9 Å². The fraction of sp³-hybridized carbons (Fsp3) is 0.481. The lowest BCUT2D eigenvalue weighted by Gasteiger charge is -2.26. The Labute approximate surface area is 223 Å². The number of carboxylic acid groups (broad SMARTS) is 1. The van der Waals surface area contributed by atoms with Crippen LogP contribution in [0.4, 0.5) is 0 Å². The Kier molecular flexibility index (Phi) is 9.37. The molecule has 2 aliphatic heterocycles. The van der Waals surface area contributed by atoms with E-state index in [1.54, 1.807) is 42.5 Å². The molecule has 11 heteroatoms. The number of sulfonamides is 1. The number of piperidine rings is 1. The van der Waals surface area contributed by atoms with Crippen molar-refractivity contribution in [3.05, 3.63) is 60.2 Å². The number of rotatable bonds is 11. The highest BCUT2D eigenvalue weighted by Gasteiger charge is 2.43. The lowest BCUT2D eigenvalue weighted by molar-refractivity contribution is -0.142. The summed E-state index contributed by atoms with van der Waals surface area (Å²) in [4.78, 5) is 27.5. The summed E-state index contributed by atoms with van der Waals surface area (Å²) in [5.74, 6) is -1.19. The Morgan fingerprint density at radius 2 is 1.74 bits per heavy atom. The third kappa shape index (κ3) is 7.10. The van der Waals surface area contributed by atoms with Crippen LogP contribution in [-0.4, -0.2) is 85.5 Å². The first-order valence-electron chi connectivity index (χ1n) is 13.0. The molecule has 2 aromatic rings. The molecule has 0 spiro atoms. The van der Waals surface area contributed by atoms with E-state index in [1.165, 1.54) is 31.4 Å². The summed E-state index contributed by atoms with van der Waals surface area (Å²) in [6, 6.07) is 12.1. The molecule has 4 rings (SSSR count). The van der Waals surface area contributed by atoms with Gasteiger partial charge < -0.3 is 20.9 Å². The molecule has 2 saturated heterocycles. The third-order valence-corrected chi connectivity index (χ3v) is 8.93. The molecule has 3 atom stereocenters. The van der Waals surface area contributed by atoms with Gasteiger partial charge >= 0.3 is 5.97 Å². The van der Waals surface area contributed by atoms with Crippen LogP contribution in [0.15, 0.2) is 59.5 Å². The minimum absolute atomic E-state index is 0.0216. The number of aliphatic carboxylic acids is 1. The zero-order chi connectivity index (χ0) is 27.1. The van der Waals surface area contributed by atoms with E-state index < -0.39 is 40.0 Å². The van der Waals surface area contributed by atoms with Crippen molar-refractivity contribution in [2.45, 2.75) is 55.1 Å². The zero-order valence-electron chi connectivity index (χ0n) is 21.4. The van der Waals surface area contributed by atoms with E-state index in [-0.39, 0.29) is 24.3 Å². The summed E-state index contributed by atoms with van der Waals surface area (Å²) in [7, 11) is -3.97. The Morgan fingerprint density at radius 3 is 2.39 bits per heavy atom. The molecule has 0 bridgehead atoms. The highest BCUT2D eigenvalue weighted by atomic mass is 32.2. The van der Waals surface area contributed by atoms with E-state index in [2.05, 4.69) is 10.2 Å². The molecule has 0 aromatic heterocycles. The summed E-state index contributed by atoms with van der Waals surface area (Å²) < 4.78 is 33.2. The zero-order valence-corrected chi connectivity index (χ0v) is 22.2. The van der Waals surface area contributed by atoms with Crippen molar-refractivity contribution in [1.29, 1.82) is 0 Å². The number of carbonyl (C=O) groups excluding carboxylic acids is 1. The Morgan fingerprint density at radius 1 is 1.05 bits per heavy atom. The number of hydrogen-bond acceptors (Lipinski definition) is 7. The van der Waals surface area contributed by atoms with E-state index in [1.807, 2.05) is 0 Å². The summed E-state index contributed by atoms with van der Waals surface area (Å²) in [6.07, 6.45) is 3.89. The topological polar surface area (TPSA) is 142 Å². The summed E-state index contributed by atoms with van der Waals surface area (Å²) in [6.45, 7) is 3.64. The van der Waals surface area contributed by atoms with Crippen LogP contribution in [0.25, 0.3) is 0 Å². The predicted molar refractivity (Wildman–Crippen MR) is 142 cm³/mol. The van der Waals surface area contributed by atoms with Crippen LogP contribution in [0.5, 0.6) is 5.75 Å². The predicted octanol–water partition coefficient (Wildman–Crippen LogP) is 1.45. The average molecular weight is 545 g/mol. The van der Waals surface area contributed by atoms with Crippen molar-refractivity contribution < 1.29 is 27.9 Å². The Hall–Kier alpha value is -2.99. The molecule has 2 heterocycles. The highest BCUT2D eigenvalue weighted by molar-refractivity contribution is 7.89. The molecular formula is C27H36N4O6S. The van der Waals surface area contributed by atoms with Gasteiger partial charge in [0.25, 0.3) is 0 Å². The third-order valence-electron chi connectivity index (χ3n) is 7.04. The van der Waals surface area contributed by atoms with Crippen molar-refractivity contribution in [3.63, 3.8) is 0 Å². The van der Waals surface area contributed by atoms with Crippen molar-refractivity contribution in [3.8, 4) is 5.75 Å². The van der Waals surface area contributed by atoms with Crippen LogP contribution < -0.4 is 15.8 Å². The molecule has 38 heavy (non-hydrogen) atoms. The lowest BCUT2D eigenvalue weighted by atomic mass is 10.0. The molecule has 0 saturated carbocycles. The minimum atomic E-state index is -3.97. The van der Waals surface area contributed by atoms with Crippen molar-refractivity contribution in [2.24, 2.45) is 5.73 Å². The molecule has 0 radical (unpaired) electrons. The largest absolute Gasteiger partial charge is 0.492 e. The van der Waals surface area contributed by atoms with E-state index in [9.17, 15) is 23.1 Å². The van der Waals surface area contributed by atoms with Crippen LogP contribution in [-0.2, 0) is 26.0 Å². The van der Waals surface area contributed by atoms with Gasteiger partial charge in [0.05, 0.1) is 4.90 Å². The van der Waals surface area contributed by atoms with Gasteiger partial charge in [0.1, 0.15) is 24.4 Å². The number of hydrogen-bond donors (Lipinski definition) is 3. The van der Waals surface area contributed by atoms with E-state index in [0.29, 0.717) is 17.9 Å². The van der Waals surface area contributed by atoms with Gasteiger partial charge in [-0.1, -0.05) is 36.8 Å². The highest BCUT2D eigenvalue weighted by Crippen LogP contribution is 2.26. The first-order valence-corrected chi connectivity index (χ1v) is 14.5. The van der Waals surface area contributed by atoms with E-state index in [4.69, 9.17) is 10.5 Å². The Bertz CT molecular complexity index is 1190. The molecular weight excluding hydrogens is 508 g/mol. The fourth-order valence-corrected chi connectivity index (χ4v) is 6.65. The van der Waals surface area contributed by atoms with Crippen LogP contribution in [0.2, 0.25) is 0 Å². The fourth-order valence-electron chi connectivity index (χ4n) is 4.97. The quantitative estimate of drug-likeness (QED) is 0.386. The van der Waals surface area contributed by atoms with Crippen LogP contribution in [0.3, 0.4) is 0 Å². The number of likely N-dealkylation sites (tertiary alicyclic amines) is 1. The molecule has 0 aliphatic carbocycles. The van der Waals surface area contributed by atoms with Gasteiger partial charge in [0.15, 0.2) is 0 Å². The normalized spacial score (nSPS) is 21.6. The molecule has 2 fully saturated rings. The number of benzene rings is 2. The van der Waals surface area contributed by atoms with Crippen LogP contribution >= 0.6 is 0 Å². The average Bonchev–Trinajstić information content (AvgIpc) is 3.33. The van der Waals surface area contributed by atoms with Gasteiger partial charge in [-0.3, -0.25) is 9.69 Å². The first-order chi connectivity index (χ1) is 18.2. The molecule has 2 aliphatic rings. The second kappa shape index (κ2) is 12.7. The number of nitrogens with two attached hydrogens (primary N) is 1. The Balaban J connectivity index is 1.35. The molecule has 1 unspecified atom stereocenters. The number of nitrogens with one attached hydrogen (secondary N) is 1. The van der Waals surface area contributed by atoms with Crippen molar-refractivity contribution >= 4 is 21.9 Å². The molecule has 206 valence electrons. The second-order valence-corrected chi connectivity index (χ2v) is 11.8. The van der Waals surface area contributed by atoms with Gasteiger partial charge in [-0.05, 0) is 62.2 Å².